The zero-order chi connectivity index (χ0) is 30.9. The lowest BCUT2D eigenvalue weighted by Crippen LogP contribution is -2.42. The lowest BCUT2D eigenvalue weighted by molar-refractivity contribution is -0.138. The average molecular weight is 605 g/mol. The third-order valence-corrected chi connectivity index (χ3v) is 13.6. The van der Waals surface area contributed by atoms with Gasteiger partial charge in [-0.1, -0.05) is 97.1 Å². The molecule has 4 aromatic carbocycles. The molecule has 0 saturated carbocycles. The summed E-state index contributed by atoms with van der Waals surface area (Å²) in [4.78, 5) is 0. The van der Waals surface area contributed by atoms with Crippen LogP contribution in [0.4, 0.5) is 26.3 Å². The molecule has 0 amide bonds. The molecule has 0 nitrogen and oxygen atoms in total. The molecule has 0 aromatic heterocycles. The molecular weight excluding hydrogens is 574 g/mol. The fourth-order valence-corrected chi connectivity index (χ4v) is 12.4. The minimum atomic E-state index is -4.43. The fourth-order valence-electron chi connectivity index (χ4n) is 7.48. The molecule has 43 heavy (non-hydrogen) atoms. The number of hydrogen-bond donors (Lipinski definition) is 0. The second-order valence-corrected chi connectivity index (χ2v) is 17.0. The fraction of sp³-hybridized carbons (Fsp3) is 0.222. The first-order valence-electron chi connectivity index (χ1n) is 14.2. The van der Waals surface area contributed by atoms with E-state index in [0.717, 1.165) is 45.5 Å². The molecule has 0 radical (unpaired) electrons. The Hall–Kier alpha value is -3.84. The van der Waals surface area contributed by atoms with Gasteiger partial charge in [-0.05, 0) is 82.6 Å². The van der Waals surface area contributed by atoms with Crippen molar-refractivity contribution < 1.29 is 26.3 Å². The molecule has 0 N–H and O–H groups in total. The van der Waals surface area contributed by atoms with Crippen LogP contribution in [0.25, 0.3) is 34.4 Å². The van der Waals surface area contributed by atoms with Crippen LogP contribution < -0.4 is 0 Å². The molecule has 2 atom stereocenters. The Morgan fingerprint density at radius 3 is 1.28 bits per heavy atom. The second-order valence-electron chi connectivity index (χ2n) is 12.2. The number of halogens is 6. The van der Waals surface area contributed by atoms with Crippen molar-refractivity contribution in [3.63, 3.8) is 0 Å². The Kier molecular flexibility index (Phi) is 6.88. The van der Waals surface area contributed by atoms with Crippen LogP contribution in [-0.4, -0.2) is 8.07 Å². The van der Waals surface area contributed by atoms with Gasteiger partial charge in [0.25, 0.3) is 0 Å². The Bertz CT molecular complexity index is 1670. The van der Waals surface area contributed by atoms with E-state index in [1.54, 1.807) is 12.1 Å². The summed E-state index contributed by atoms with van der Waals surface area (Å²) in [6.45, 7) is 8.89. The van der Waals surface area contributed by atoms with Crippen LogP contribution in [0, 0.1) is 0 Å². The number of fused-ring (bicyclic) bond motifs is 2. The predicted molar refractivity (Wildman–Crippen MR) is 164 cm³/mol. The van der Waals surface area contributed by atoms with Crippen LogP contribution in [0.5, 0.6) is 0 Å². The van der Waals surface area contributed by atoms with Crippen molar-refractivity contribution in [2.75, 3.05) is 0 Å². The number of hydrogen-bond acceptors (Lipinski definition) is 0. The van der Waals surface area contributed by atoms with Gasteiger partial charge < -0.3 is 0 Å². The smallest absolute Gasteiger partial charge is 0.166 e. The monoisotopic (exact) mass is 604 g/mol. The molecular formula is C36H30F6Si. The molecule has 4 aromatic rings. The number of benzene rings is 4. The van der Waals surface area contributed by atoms with Crippen LogP contribution >= 0.6 is 0 Å². The largest absolute Gasteiger partial charge is 0.416 e. The first kappa shape index (κ1) is 29.2. The van der Waals surface area contributed by atoms with Gasteiger partial charge in [-0.2, -0.15) is 26.3 Å². The Morgan fingerprint density at radius 2 is 0.907 bits per heavy atom. The van der Waals surface area contributed by atoms with E-state index < -0.39 is 31.6 Å². The van der Waals surface area contributed by atoms with Crippen molar-refractivity contribution in [2.24, 2.45) is 0 Å². The SMILES string of the molecule is CC1=Cc2c(-c3cccc(C(F)(F)F)c3)cccc2C1[Si](C)(C)C1C(C)=Cc2c(-c3cccc(C(F)(F)F)c3)cccc21. The Labute approximate surface area is 248 Å². The standard InChI is InChI=1S/C36H30F6Si/c1-21-17-31-27(23-9-5-11-25(19-23)35(37,38)39)13-7-15-29(31)33(21)43(3,4)34-22(2)18-32-28(14-8-16-30(32)34)24-10-6-12-26(20-24)36(40,41)42/h5-20,33-34H,1-4H3. The summed E-state index contributed by atoms with van der Waals surface area (Å²) in [5, 5.41) is 0. The third kappa shape index (κ3) is 4.97. The molecule has 0 fully saturated rings. The van der Waals surface area contributed by atoms with Gasteiger partial charge in [0, 0.05) is 11.1 Å². The van der Waals surface area contributed by atoms with Gasteiger partial charge in [0.1, 0.15) is 0 Å². The minimum Gasteiger partial charge on any atom is -0.166 e. The molecule has 2 aliphatic rings. The molecule has 7 heteroatoms. The molecule has 0 bridgehead atoms. The lowest BCUT2D eigenvalue weighted by Gasteiger charge is -2.39. The average Bonchev–Trinajstić information content (AvgIpc) is 3.48. The number of allylic oxidation sites excluding steroid dienone is 2. The van der Waals surface area contributed by atoms with Crippen LogP contribution in [0.3, 0.4) is 0 Å². The van der Waals surface area contributed by atoms with Gasteiger partial charge in [-0.25, -0.2) is 0 Å². The van der Waals surface area contributed by atoms with Crippen molar-refractivity contribution in [1.82, 2.24) is 0 Å². The Morgan fingerprint density at radius 1 is 0.535 bits per heavy atom. The zero-order valence-corrected chi connectivity index (χ0v) is 25.2. The normalized spacial score (nSPS) is 18.3. The van der Waals surface area contributed by atoms with E-state index in [-0.39, 0.29) is 11.1 Å². The minimum absolute atomic E-state index is 0.116. The maximum absolute atomic E-state index is 13.5. The van der Waals surface area contributed by atoms with Crippen LogP contribution in [0.1, 0.15) is 58.3 Å². The van der Waals surface area contributed by atoms with E-state index in [1.165, 1.54) is 35.4 Å². The summed E-state index contributed by atoms with van der Waals surface area (Å²) in [5.41, 5.74) is 8.04. The molecule has 2 aliphatic carbocycles. The molecule has 220 valence electrons. The second kappa shape index (κ2) is 10.1. The van der Waals surface area contributed by atoms with E-state index in [9.17, 15) is 26.3 Å². The summed E-state index contributed by atoms with van der Waals surface area (Å²) < 4.78 is 81.1. The highest BCUT2D eigenvalue weighted by Crippen LogP contribution is 2.54. The lowest BCUT2D eigenvalue weighted by atomic mass is 9.95. The van der Waals surface area contributed by atoms with Gasteiger partial charge in [-0.15, -0.1) is 0 Å². The van der Waals surface area contributed by atoms with Gasteiger partial charge in [0.2, 0.25) is 0 Å². The van der Waals surface area contributed by atoms with Crippen molar-refractivity contribution in [3.8, 4) is 22.3 Å². The predicted octanol–water partition coefficient (Wildman–Crippen LogP) is 11.5. The van der Waals surface area contributed by atoms with Crippen molar-refractivity contribution in [3.05, 3.63) is 129 Å². The third-order valence-electron chi connectivity index (χ3n) is 9.05. The summed E-state index contributed by atoms with van der Waals surface area (Å²) in [7, 11) is -2.29. The van der Waals surface area contributed by atoms with Crippen LogP contribution in [0.2, 0.25) is 13.1 Å². The van der Waals surface area contributed by atoms with E-state index in [0.29, 0.717) is 11.1 Å². The molecule has 0 spiro atoms. The summed E-state index contributed by atoms with van der Waals surface area (Å²) in [6.07, 6.45) is -4.61. The van der Waals surface area contributed by atoms with Crippen LogP contribution in [-0.2, 0) is 12.4 Å². The number of rotatable bonds is 4. The maximum Gasteiger partial charge on any atom is 0.416 e. The highest BCUT2D eigenvalue weighted by Gasteiger charge is 2.47. The Balaban J connectivity index is 1.42. The maximum atomic E-state index is 13.5. The van der Waals surface area contributed by atoms with E-state index >= 15 is 0 Å². The summed E-state index contributed by atoms with van der Waals surface area (Å²) in [5.74, 6) is 0. The van der Waals surface area contributed by atoms with E-state index in [2.05, 4.69) is 51.2 Å². The molecule has 6 rings (SSSR count). The van der Waals surface area contributed by atoms with E-state index in [4.69, 9.17) is 0 Å². The van der Waals surface area contributed by atoms with Gasteiger partial charge in [-0.3, -0.25) is 0 Å². The van der Waals surface area contributed by atoms with Gasteiger partial charge >= 0.3 is 12.4 Å². The van der Waals surface area contributed by atoms with Crippen molar-refractivity contribution in [1.29, 1.82) is 0 Å². The van der Waals surface area contributed by atoms with Crippen molar-refractivity contribution >= 4 is 20.2 Å². The highest BCUT2D eigenvalue weighted by molar-refractivity contribution is 6.81. The molecule has 0 saturated heterocycles. The summed E-state index contributed by atoms with van der Waals surface area (Å²) >= 11 is 0. The number of alkyl halides is 6. The first-order chi connectivity index (χ1) is 20.2. The highest BCUT2D eigenvalue weighted by atomic mass is 28.3. The first-order valence-corrected chi connectivity index (χ1v) is 17.3. The van der Waals surface area contributed by atoms with Crippen LogP contribution in [0.15, 0.2) is 96.1 Å². The molecule has 0 aliphatic heterocycles. The quantitative estimate of drug-likeness (QED) is 0.161. The summed E-state index contributed by atoms with van der Waals surface area (Å²) in [6, 6.07) is 22.7. The van der Waals surface area contributed by atoms with Gasteiger partial charge in [0.05, 0.1) is 19.2 Å². The van der Waals surface area contributed by atoms with E-state index in [1.807, 2.05) is 24.3 Å². The zero-order valence-electron chi connectivity index (χ0n) is 24.2. The molecule has 0 heterocycles. The molecule has 2 unspecified atom stereocenters. The topological polar surface area (TPSA) is 0 Å². The van der Waals surface area contributed by atoms with Crippen molar-refractivity contribution in [2.45, 2.75) is 50.4 Å². The van der Waals surface area contributed by atoms with Gasteiger partial charge in [0.15, 0.2) is 0 Å².